The molecule has 0 heterocycles. The first-order chi connectivity index (χ1) is 10.3. The minimum absolute atomic E-state index is 0.177. The van der Waals surface area contributed by atoms with Crippen molar-refractivity contribution >= 4 is 17.6 Å². The Morgan fingerprint density at radius 2 is 1.59 bits per heavy atom. The molecular weight excluding hydrogens is 278 g/mol. The number of hydrogen-bond donors (Lipinski definition) is 2. The summed E-state index contributed by atoms with van der Waals surface area (Å²) in [6.07, 6.45) is 0. The summed E-state index contributed by atoms with van der Waals surface area (Å²) in [5, 5.41) is 12.0. The number of rotatable bonds is 4. The quantitative estimate of drug-likeness (QED) is 0.906. The van der Waals surface area contributed by atoms with E-state index in [1.165, 1.54) is 0 Å². The first kappa shape index (κ1) is 15.8. The predicted octanol–water partition coefficient (Wildman–Crippen LogP) is 3.61. The van der Waals surface area contributed by atoms with Crippen molar-refractivity contribution in [3.8, 4) is 0 Å². The smallest absolute Gasteiger partial charge is 0.313 e. The molecule has 4 nitrogen and oxygen atoms in total. The molecule has 114 valence electrons. The number of nitrogens with one attached hydrogen (secondary N) is 1. The van der Waals surface area contributed by atoms with Crippen molar-refractivity contribution in [2.45, 2.75) is 26.2 Å². The second-order valence-corrected chi connectivity index (χ2v) is 5.78. The fourth-order valence-electron chi connectivity index (χ4n) is 2.12. The number of carbonyl (C=O) groups is 2. The number of aliphatic carboxylic acids is 1. The first-order valence-corrected chi connectivity index (χ1v) is 7.03. The van der Waals surface area contributed by atoms with Gasteiger partial charge < -0.3 is 10.4 Å². The van der Waals surface area contributed by atoms with Crippen LogP contribution >= 0.6 is 0 Å². The third kappa shape index (κ3) is 3.17. The van der Waals surface area contributed by atoms with Gasteiger partial charge in [-0.05, 0) is 50.1 Å². The fourth-order valence-corrected chi connectivity index (χ4v) is 2.12. The summed E-state index contributed by atoms with van der Waals surface area (Å²) in [7, 11) is 0. The first-order valence-electron chi connectivity index (χ1n) is 7.03. The van der Waals surface area contributed by atoms with Crippen LogP contribution in [0.3, 0.4) is 0 Å². The number of amides is 1. The van der Waals surface area contributed by atoms with Crippen LogP contribution in [0.25, 0.3) is 0 Å². The average molecular weight is 297 g/mol. The molecular formula is C18H19NO3. The van der Waals surface area contributed by atoms with Gasteiger partial charge in [0.05, 0.1) is 5.41 Å². The summed E-state index contributed by atoms with van der Waals surface area (Å²) in [6.45, 7) is 5.18. The Labute approximate surface area is 129 Å². The van der Waals surface area contributed by atoms with Gasteiger partial charge in [0.2, 0.25) is 0 Å². The van der Waals surface area contributed by atoms with E-state index in [9.17, 15) is 14.7 Å². The Morgan fingerprint density at radius 3 is 2.14 bits per heavy atom. The summed E-state index contributed by atoms with van der Waals surface area (Å²) in [5.41, 5.74) is 1.90. The van der Waals surface area contributed by atoms with Crippen LogP contribution in [-0.2, 0) is 10.2 Å². The highest BCUT2D eigenvalue weighted by atomic mass is 16.4. The van der Waals surface area contributed by atoms with Crippen LogP contribution < -0.4 is 5.32 Å². The van der Waals surface area contributed by atoms with Crippen LogP contribution in [0.2, 0.25) is 0 Å². The molecule has 0 aromatic heterocycles. The minimum atomic E-state index is -0.960. The second kappa shape index (κ2) is 6.02. The second-order valence-electron chi connectivity index (χ2n) is 5.78. The van der Waals surface area contributed by atoms with Crippen LogP contribution in [0.15, 0.2) is 48.5 Å². The molecule has 0 saturated heterocycles. The number of benzene rings is 2. The third-order valence-corrected chi connectivity index (χ3v) is 3.79. The molecule has 0 fully saturated rings. The fraction of sp³-hybridized carbons (Fsp3) is 0.222. The summed E-state index contributed by atoms with van der Waals surface area (Å²) in [5.74, 6) is -1.06. The Bertz CT molecular complexity index is 703. The summed E-state index contributed by atoms with van der Waals surface area (Å²) >= 11 is 0. The van der Waals surface area contributed by atoms with E-state index in [4.69, 9.17) is 0 Å². The highest BCUT2D eigenvalue weighted by molar-refractivity contribution is 6.05. The van der Waals surface area contributed by atoms with Gasteiger partial charge in [-0.25, -0.2) is 0 Å². The topological polar surface area (TPSA) is 66.4 Å². The van der Waals surface area contributed by atoms with E-state index in [-0.39, 0.29) is 5.91 Å². The Hall–Kier alpha value is -2.62. The van der Waals surface area contributed by atoms with Gasteiger partial charge in [0.25, 0.3) is 5.91 Å². The number of carboxylic acids is 1. The van der Waals surface area contributed by atoms with Gasteiger partial charge in [-0.15, -0.1) is 0 Å². The van der Waals surface area contributed by atoms with E-state index >= 15 is 0 Å². The number of carbonyl (C=O) groups excluding carboxylic acids is 1. The molecule has 0 saturated carbocycles. The Kier molecular flexibility index (Phi) is 4.31. The molecule has 2 rings (SSSR count). The number of carboxylic acid groups (broad SMARTS) is 1. The molecule has 0 aliphatic carbocycles. The van der Waals surface area contributed by atoms with Crippen LogP contribution in [0.5, 0.6) is 0 Å². The van der Waals surface area contributed by atoms with Gasteiger partial charge in [-0.2, -0.15) is 0 Å². The summed E-state index contributed by atoms with van der Waals surface area (Å²) < 4.78 is 0. The van der Waals surface area contributed by atoms with Gasteiger partial charge in [0, 0.05) is 11.3 Å². The van der Waals surface area contributed by atoms with Gasteiger partial charge in [-0.1, -0.05) is 30.3 Å². The van der Waals surface area contributed by atoms with Crippen LogP contribution in [0.1, 0.15) is 35.3 Å². The Morgan fingerprint density at radius 1 is 1.00 bits per heavy atom. The van der Waals surface area contributed by atoms with E-state index < -0.39 is 11.4 Å². The van der Waals surface area contributed by atoms with Gasteiger partial charge in [-0.3, -0.25) is 9.59 Å². The molecule has 0 bridgehead atoms. The van der Waals surface area contributed by atoms with Gasteiger partial charge in [0.15, 0.2) is 0 Å². The van der Waals surface area contributed by atoms with E-state index in [1.54, 1.807) is 44.2 Å². The number of hydrogen-bond acceptors (Lipinski definition) is 2. The summed E-state index contributed by atoms with van der Waals surface area (Å²) in [6, 6.07) is 14.2. The van der Waals surface area contributed by atoms with Crippen molar-refractivity contribution in [3.63, 3.8) is 0 Å². The predicted molar refractivity (Wildman–Crippen MR) is 86.2 cm³/mol. The maximum Gasteiger partial charge on any atom is 0.313 e. The lowest BCUT2D eigenvalue weighted by Crippen LogP contribution is -2.28. The monoisotopic (exact) mass is 297 g/mol. The van der Waals surface area contributed by atoms with Crippen molar-refractivity contribution < 1.29 is 14.7 Å². The highest BCUT2D eigenvalue weighted by Crippen LogP contribution is 2.25. The van der Waals surface area contributed by atoms with Crippen molar-refractivity contribution in [1.29, 1.82) is 0 Å². The molecule has 0 atom stereocenters. The summed E-state index contributed by atoms with van der Waals surface area (Å²) in [4.78, 5) is 23.5. The number of aryl methyl sites for hydroxylation is 1. The molecule has 2 aromatic carbocycles. The van der Waals surface area contributed by atoms with Crippen molar-refractivity contribution in [2.75, 3.05) is 5.32 Å². The van der Waals surface area contributed by atoms with E-state index in [0.717, 1.165) is 5.56 Å². The van der Waals surface area contributed by atoms with Crippen molar-refractivity contribution in [1.82, 2.24) is 0 Å². The molecule has 2 aromatic rings. The lowest BCUT2D eigenvalue weighted by molar-refractivity contribution is -0.142. The minimum Gasteiger partial charge on any atom is -0.481 e. The molecule has 22 heavy (non-hydrogen) atoms. The molecule has 1 amide bonds. The molecule has 0 unspecified atom stereocenters. The normalized spacial score (nSPS) is 11.0. The van der Waals surface area contributed by atoms with E-state index in [0.29, 0.717) is 16.8 Å². The largest absolute Gasteiger partial charge is 0.481 e. The van der Waals surface area contributed by atoms with Crippen molar-refractivity contribution in [2.24, 2.45) is 0 Å². The van der Waals surface area contributed by atoms with Gasteiger partial charge in [0.1, 0.15) is 0 Å². The van der Waals surface area contributed by atoms with Crippen molar-refractivity contribution in [3.05, 3.63) is 65.2 Å². The zero-order chi connectivity index (χ0) is 16.3. The maximum absolute atomic E-state index is 12.2. The SMILES string of the molecule is Cc1ccccc1C(=O)Nc1ccc(C(C)(C)C(=O)O)cc1. The van der Waals surface area contributed by atoms with Crippen LogP contribution in [0, 0.1) is 6.92 Å². The number of anilines is 1. The molecule has 0 aliphatic heterocycles. The Balaban J connectivity index is 2.17. The van der Waals surface area contributed by atoms with E-state index in [1.807, 2.05) is 25.1 Å². The lowest BCUT2D eigenvalue weighted by atomic mass is 9.85. The van der Waals surface area contributed by atoms with E-state index in [2.05, 4.69) is 5.32 Å². The van der Waals surface area contributed by atoms with Crippen LogP contribution in [-0.4, -0.2) is 17.0 Å². The average Bonchev–Trinajstić information content (AvgIpc) is 2.48. The molecule has 0 radical (unpaired) electrons. The standard InChI is InChI=1S/C18H19NO3/c1-12-6-4-5-7-15(12)16(20)19-14-10-8-13(9-11-14)18(2,3)17(21)22/h4-11H,1-3H3,(H,19,20)(H,21,22). The van der Waals surface area contributed by atoms with Gasteiger partial charge >= 0.3 is 5.97 Å². The molecule has 0 aliphatic rings. The highest BCUT2D eigenvalue weighted by Gasteiger charge is 2.29. The zero-order valence-electron chi connectivity index (χ0n) is 12.9. The molecule has 4 heteroatoms. The van der Waals surface area contributed by atoms with Crippen LogP contribution in [0.4, 0.5) is 5.69 Å². The zero-order valence-corrected chi connectivity index (χ0v) is 12.9. The molecule has 0 spiro atoms. The third-order valence-electron chi connectivity index (χ3n) is 3.79. The maximum atomic E-state index is 12.2. The lowest BCUT2D eigenvalue weighted by Gasteiger charge is -2.20. The molecule has 2 N–H and O–H groups in total.